The average molecular weight is 284 g/mol. The van der Waals surface area contributed by atoms with E-state index in [0.717, 1.165) is 18.2 Å². The summed E-state index contributed by atoms with van der Waals surface area (Å²) in [4.78, 5) is 12.4. The molecular weight excluding hydrogens is 267 g/mol. The maximum Gasteiger partial charge on any atom is 0.251 e. The molecule has 2 aromatic rings. The Balaban J connectivity index is 1.58. The van der Waals surface area contributed by atoms with Crippen molar-refractivity contribution in [2.75, 3.05) is 0 Å². The van der Waals surface area contributed by atoms with E-state index < -0.39 is 0 Å². The number of carbonyl (C=O) groups excluding carboxylic acids is 1. The van der Waals surface area contributed by atoms with Gasteiger partial charge in [0.1, 0.15) is 5.82 Å². The van der Waals surface area contributed by atoms with Gasteiger partial charge in [-0.05, 0) is 42.8 Å². The van der Waals surface area contributed by atoms with Gasteiger partial charge in [0.2, 0.25) is 0 Å². The van der Waals surface area contributed by atoms with Crippen molar-refractivity contribution in [3.05, 3.63) is 47.8 Å². The highest BCUT2D eigenvalue weighted by Crippen LogP contribution is 2.28. The summed E-state index contributed by atoms with van der Waals surface area (Å²) in [5.41, 5.74) is 0.523. The summed E-state index contributed by atoms with van der Waals surface area (Å²) in [7, 11) is 0. The second-order valence-corrected chi connectivity index (χ2v) is 6.04. The summed E-state index contributed by atoms with van der Waals surface area (Å²) in [6.45, 7) is 0. The molecule has 0 aliphatic carbocycles. The van der Waals surface area contributed by atoms with Gasteiger partial charge < -0.3 is 10.6 Å². The van der Waals surface area contributed by atoms with Gasteiger partial charge in [0.05, 0.1) is 0 Å². The molecule has 3 unspecified atom stereocenters. The monoisotopic (exact) mass is 284 g/mol. The van der Waals surface area contributed by atoms with Gasteiger partial charge in [-0.2, -0.15) is 0 Å². The summed E-state index contributed by atoms with van der Waals surface area (Å²) in [6, 6.07) is 11.3. The number of halogens is 1. The molecule has 0 radical (unpaired) electrons. The number of carbonyl (C=O) groups is 1. The van der Waals surface area contributed by atoms with Crippen molar-refractivity contribution in [3.8, 4) is 0 Å². The van der Waals surface area contributed by atoms with Gasteiger partial charge in [-0.1, -0.05) is 18.2 Å². The lowest BCUT2D eigenvalue weighted by atomic mass is 9.95. The Morgan fingerprint density at radius 3 is 2.90 bits per heavy atom. The van der Waals surface area contributed by atoms with E-state index in [1.165, 1.54) is 12.5 Å². The molecule has 0 spiro atoms. The van der Waals surface area contributed by atoms with Crippen LogP contribution >= 0.6 is 0 Å². The van der Waals surface area contributed by atoms with E-state index in [0.29, 0.717) is 23.0 Å². The van der Waals surface area contributed by atoms with Crippen LogP contribution in [0, 0.1) is 5.82 Å². The number of amides is 1. The molecule has 4 heteroatoms. The quantitative estimate of drug-likeness (QED) is 0.890. The Morgan fingerprint density at radius 1 is 1.24 bits per heavy atom. The van der Waals surface area contributed by atoms with E-state index in [1.54, 1.807) is 24.3 Å². The van der Waals surface area contributed by atoms with E-state index in [9.17, 15) is 9.18 Å². The van der Waals surface area contributed by atoms with Crippen molar-refractivity contribution in [1.29, 1.82) is 0 Å². The maximum atomic E-state index is 13.8. The highest BCUT2D eigenvalue weighted by atomic mass is 19.1. The molecule has 2 aliphatic rings. The normalized spacial score (nSPS) is 27.2. The van der Waals surface area contributed by atoms with E-state index in [1.807, 2.05) is 6.07 Å². The van der Waals surface area contributed by atoms with Crippen LogP contribution in [-0.2, 0) is 0 Å². The van der Waals surface area contributed by atoms with Crippen molar-refractivity contribution in [2.45, 2.75) is 37.4 Å². The second kappa shape index (κ2) is 4.81. The lowest BCUT2D eigenvalue weighted by Crippen LogP contribution is -2.42. The third-order valence-corrected chi connectivity index (χ3v) is 4.71. The van der Waals surface area contributed by atoms with E-state index >= 15 is 0 Å². The first-order chi connectivity index (χ1) is 10.2. The van der Waals surface area contributed by atoms with Crippen molar-refractivity contribution < 1.29 is 9.18 Å². The zero-order chi connectivity index (χ0) is 14.4. The van der Waals surface area contributed by atoms with Crippen LogP contribution in [0.4, 0.5) is 4.39 Å². The Kier molecular flexibility index (Phi) is 2.93. The molecule has 2 heterocycles. The third kappa shape index (κ3) is 2.20. The molecule has 0 aromatic heterocycles. The minimum atomic E-state index is -0.288. The zero-order valence-electron chi connectivity index (χ0n) is 11.6. The van der Waals surface area contributed by atoms with Crippen LogP contribution in [0.15, 0.2) is 36.4 Å². The Hall–Kier alpha value is -1.94. The van der Waals surface area contributed by atoms with Crippen LogP contribution in [0.1, 0.15) is 29.6 Å². The highest BCUT2D eigenvalue weighted by molar-refractivity contribution is 5.98. The first-order valence-electron chi connectivity index (χ1n) is 7.46. The van der Waals surface area contributed by atoms with Gasteiger partial charge in [0.25, 0.3) is 5.91 Å². The molecule has 21 heavy (non-hydrogen) atoms. The number of benzene rings is 2. The van der Waals surface area contributed by atoms with Crippen LogP contribution in [0.2, 0.25) is 0 Å². The van der Waals surface area contributed by atoms with Crippen molar-refractivity contribution in [2.24, 2.45) is 0 Å². The standard InChI is InChI=1S/C17H17FN2O/c18-14-3-1-2-10-4-5-11(8-13(10)14)17(21)20-16-9-12-6-7-15(16)19-12/h1-5,8,12,15-16,19H,6-7,9H2,(H,20,21). The van der Waals surface area contributed by atoms with Crippen LogP contribution in [0.5, 0.6) is 0 Å². The Morgan fingerprint density at radius 2 is 2.14 bits per heavy atom. The molecule has 108 valence electrons. The molecule has 2 saturated heterocycles. The lowest BCUT2D eigenvalue weighted by Gasteiger charge is -2.21. The smallest absolute Gasteiger partial charge is 0.251 e. The fourth-order valence-corrected chi connectivity index (χ4v) is 3.61. The summed E-state index contributed by atoms with van der Waals surface area (Å²) < 4.78 is 13.8. The number of nitrogens with one attached hydrogen (secondary N) is 2. The molecule has 2 aromatic carbocycles. The van der Waals surface area contributed by atoms with E-state index in [4.69, 9.17) is 0 Å². The number of rotatable bonds is 2. The first kappa shape index (κ1) is 12.8. The predicted octanol–water partition coefficient (Wildman–Crippen LogP) is 2.60. The first-order valence-corrected chi connectivity index (χ1v) is 7.46. The van der Waals surface area contributed by atoms with Gasteiger partial charge in [0.15, 0.2) is 0 Å². The summed E-state index contributed by atoms with van der Waals surface area (Å²) in [5.74, 6) is -0.400. The number of fused-ring (bicyclic) bond motifs is 3. The lowest BCUT2D eigenvalue weighted by molar-refractivity contribution is 0.0931. The molecule has 2 aliphatic heterocycles. The van der Waals surface area contributed by atoms with Gasteiger partial charge in [0, 0.05) is 29.1 Å². The molecule has 2 fully saturated rings. The third-order valence-electron chi connectivity index (χ3n) is 4.71. The SMILES string of the molecule is O=C(NC1CC2CCC1N2)c1ccc2cccc(F)c2c1. The fourth-order valence-electron chi connectivity index (χ4n) is 3.61. The van der Waals surface area contributed by atoms with Crippen LogP contribution in [0.25, 0.3) is 10.8 Å². The van der Waals surface area contributed by atoms with Gasteiger partial charge in [-0.15, -0.1) is 0 Å². The van der Waals surface area contributed by atoms with Gasteiger partial charge in [-0.25, -0.2) is 4.39 Å². The molecule has 0 saturated carbocycles. The molecule has 3 nitrogen and oxygen atoms in total. The average Bonchev–Trinajstić information content (AvgIpc) is 3.10. The number of hydrogen-bond acceptors (Lipinski definition) is 2. The van der Waals surface area contributed by atoms with Crippen molar-refractivity contribution in [3.63, 3.8) is 0 Å². The number of hydrogen-bond donors (Lipinski definition) is 2. The molecule has 2 N–H and O–H groups in total. The zero-order valence-corrected chi connectivity index (χ0v) is 11.6. The van der Waals surface area contributed by atoms with E-state index in [-0.39, 0.29) is 17.8 Å². The fraction of sp³-hybridized carbons (Fsp3) is 0.353. The minimum Gasteiger partial charge on any atom is -0.348 e. The molecule has 1 amide bonds. The summed E-state index contributed by atoms with van der Waals surface area (Å²) in [6.07, 6.45) is 3.33. The van der Waals surface area contributed by atoms with Gasteiger partial charge >= 0.3 is 0 Å². The summed E-state index contributed by atoms with van der Waals surface area (Å²) in [5, 5.41) is 7.90. The Bertz CT molecular complexity index is 715. The van der Waals surface area contributed by atoms with Crippen molar-refractivity contribution >= 4 is 16.7 Å². The van der Waals surface area contributed by atoms with Crippen molar-refractivity contribution in [1.82, 2.24) is 10.6 Å². The topological polar surface area (TPSA) is 41.1 Å². The predicted molar refractivity (Wildman–Crippen MR) is 79.7 cm³/mol. The maximum absolute atomic E-state index is 13.8. The molecular formula is C17H17FN2O. The molecule has 4 rings (SSSR count). The Labute approximate surface area is 122 Å². The largest absolute Gasteiger partial charge is 0.348 e. The second-order valence-electron chi connectivity index (χ2n) is 6.04. The van der Waals surface area contributed by atoms with Crippen LogP contribution in [0.3, 0.4) is 0 Å². The van der Waals surface area contributed by atoms with Crippen LogP contribution < -0.4 is 10.6 Å². The van der Waals surface area contributed by atoms with E-state index in [2.05, 4.69) is 10.6 Å². The highest BCUT2D eigenvalue weighted by Gasteiger charge is 2.39. The van der Waals surface area contributed by atoms with Crippen LogP contribution in [-0.4, -0.2) is 24.0 Å². The summed E-state index contributed by atoms with van der Waals surface area (Å²) >= 11 is 0. The minimum absolute atomic E-state index is 0.112. The van der Waals surface area contributed by atoms with Gasteiger partial charge in [-0.3, -0.25) is 4.79 Å². The molecule has 2 bridgehead atoms. The molecule has 3 atom stereocenters.